The standard InChI is InChI=1S/C23H42ClN3O/c1-2-3-4-5-6-7-8-9-10-11-12-13-14-15-16-17-18-25-23(28)21-27-20-22(24)19-26-27/h19-20H,2-18,21H2,1H3,(H,25,28). The number of hydrogen-bond donors (Lipinski definition) is 1. The van der Waals surface area contributed by atoms with Crippen LogP contribution in [0, 0.1) is 0 Å². The van der Waals surface area contributed by atoms with Crippen LogP contribution >= 0.6 is 11.6 Å². The van der Waals surface area contributed by atoms with E-state index in [1.54, 1.807) is 17.1 Å². The lowest BCUT2D eigenvalue weighted by Crippen LogP contribution is -2.28. The lowest BCUT2D eigenvalue weighted by molar-refractivity contribution is -0.121. The average Bonchev–Trinajstić information content (AvgIpc) is 3.08. The van der Waals surface area contributed by atoms with Crippen LogP contribution in [-0.2, 0) is 11.3 Å². The van der Waals surface area contributed by atoms with Crippen LogP contribution in [0.15, 0.2) is 12.4 Å². The van der Waals surface area contributed by atoms with E-state index in [2.05, 4.69) is 17.3 Å². The Bertz CT molecular complexity index is 490. The summed E-state index contributed by atoms with van der Waals surface area (Å²) in [7, 11) is 0. The summed E-state index contributed by atoms with van der Waals surface area (Å²) in [6.45, 7) is 3.28. The Morgan fingerprint density at radius 1 is 0.857 bits per heavy atom. The second kappa shape index (κ2) is 18.0. The van der Waals surface area contributed by atoms with Crippen LogP contribution in [-0.4, -0.2) is 22.2 Å². The molecule has 0 saturated carbocycles. The quantitative estimate of drug-likeness (QED) is 0.251. The molecule has 28 heavy (non-hydrogen) atoms. The van der Waals surface area contributed by atoms with E-state index in [0.29, 0.717) is 5.02 Å². The molecule has 1 amide bonds. The van der Waals surface area contributed by atoms with E-state index >= 15 is 0 Å². The van der Waals surface area contributed by atoms with Crippen LogP contribution in [0.1, 0.15) is 110 Å². The summed E-state index contributed by atoms with van der Waals surface area (Å²) in [6.07, 6.45) is 25.0. The number of nitrogens with one attached hydrogen (secondary N) is 1. The van der Waals surface area contributed by atoms with Gasteiger partial charge in [-0.15, -0.1) is 0 Å². The average molecular weight is 412 g/mol. The molecule has 0 atom stereocenters. The first-order valence-electron chi connectivity index (χ1n) is 11.7. The third-order valence-corrected chi connectivity index (χ3v) is 5.46. The van der Waals surface area contributed by atoms with E-state index in [9.17, 15) is 4.79 Å². The third kappa shape index (κ3) is 15.0. The molecule has 0 unspecified atom stereocenters. The first-order valence-corrected chi connectivity index (χ1v) is 12.0. The zero-order valence-electron chi connectivity index (χ0n) is 18.1. The number of nitrogens with zero attached hydrogens (tertiary/aromatic N) is 2. The zero-order chi connectivity index (χ0) is 20.3. The maximum atomic E-state index is 11.8. The first-order chi connectivity index (χ1) is 13.7. The maximum absolute atomic E-state index is 11.8. The van der Waals surface area contributed by atoms with E-state index in [-0.39, 0.29) is 12.5 Å². The molecule has 0 saturated heterocycles. The van der Waals surface area contributed by atoms with E-state index in [0.717, 1.165) is 13.0 Å². The molecule has 4 nitrogen and oxygen atoms in total. The lowest BCUT2D eigenvalue weighted by atomic mass is 10.0. The Kier molecular flexibility index (Phi) is 16.1. The molecule has 0 radical (unpaired) electrons. The van der Waals surface area contributed by atoms with Crippen molar-refractivity contribution in [1.29, 1.82) is 0 Å². The van der Waals surface area contributed by atoms with Crippen molar-refractivity contribution < 1.29 is 4.79 Å². The van der Waals surface area contributed by atoms with E-state index < -0.39 is 0 Å². The number of rotatable bonds is 19. The first kappa shape index (κ1) is 25.0. The van der Waals surface area contributed by atoms with Gasteiger partial charge in [-0.3, -0.25) is 9.48 Å². The molecule has 1 N–H and O–H groups in total. The molecule has 0 aliphatic carbocycles. The summed E-state index contributed by atoms with van der Waals surface area (Å²) in [5.74, 6) is 0.000672. The smallest absolute Gasteiger partial charge is 0.241 e. The predicted octanol–water partition coefficient (Wildman–Crippen LogP) is 6.91. The molecule has 1 heterocycles. The van der Waals surface area contributed by atoms with E-state index in [4.69, 9.17) is 11.6 Å². The summed E-state index contributed by atoms with van der Waals surface area (Å²) < 4.78 is 1.56. The minimum atomic E-state index is 0.000672. The lowest BCUT2D eigenvalue weighted by Gasteiger charge is -2.06. The fourth-order valence-corrected chi connectivity index (χ4v) is 3.69. The van der Waals surface area contributed by atoms with E-state index in [1.165, 1.54) is 96.3 Å². The number of hydrogen-bond acceptors (Lipinski definition) is 2. The molecule has 0 aromatic carbocycles. The highest BCUT2D eigenvalue weighted by Gasteiger charge is 2.03. The van der Waals surface area contributed by atoms with Crippen molar-refractivity contribution >= 4 is 17.5 Å². The molecule has 0 spiro atoms. The van der Waals surface area contributed by atoms with Gasteiger partial charge in [-0.05, 0) is 6.42 Å². The van der Waals surface area contributed by atoms with Gasteiger partial charge in [-0.2, -0.15) is 5.10 Å². The normalized spacial score (nSPS) is 11.1. The molecular weight excluding hydrogens is 370 g/mol. The molecule has 5 heteroatoms. The minimum Gasteiger partial charge on any atom is -0.354 e. The largest absolute Gasteiger partial charge is 0.354 e. The van der Waals surface area contributed by atoms with Crippen molar-refractivity contribution in [2.75, 3.05) is 6.54 Å². The van der Waals surface area contributed by atoms with Gasteiger partial charge in [0.2, 0.25) is 5.91 Å². The van der Waals surface area contributed by atoms with Crippen LogP contribution in [0.3, 0.4) is 0 Å². The Hall–Kier alpha value is -1.03. The van der Waals surface area contributed by atoms with Gasteiger partial charge in [0.1, 0.15) is 6.54 Å². The summed E-state index contributed by atoms with van der Waals surface area (Å²) in [5.41, 5.74) is 0. The SMILES string of the molecule is CCCCCCCCCCCCCCCCCCNC(=O)Cn1cc(Cl)cn1. The summed E-state index contributed by atoms with van der Waals surface area (Å²) in [6, 6.07) is 0. The van der Waals surface area contributed by atoms with Crippen molar-refractivity contribution in [2.24, 2.45) is 0 Å². The molecule has 0 aliphatic heterocycles. The number of halogens is 1. The number of carbonyl (C=O) groups is 1. The number of unbranched alkanes of at least 4 members (excludes halogenated alkanes) is 15. The van der Waals surface area contributed by atoms with E-state index in [1.807, 2.05) is 0 Å². The van der Waals surface area contributed by atoms with Crippen molar-refractivity contribution in [1.82, 2.24) is 15.1 Å². The Balaban J connectivity index is 1.74. The Morgan fingerprint density at radius 2 is 1.32 bits per heavy atom. The molecule has 0 fully saturated rings. The number of amides is 1. The van der Waals surface area contributed by atoms with Gasteiger partial charge in [0.15, 0.2) is 0 Å². The fraction of sp³-hybridized carbons (Fsp3) is 0.826. The maximum Gasteiger partial charge on any atom is 0.241 e. The van der Waals surface area contributed by atoms with Crippen LogP contribution < -0.4 is 5.32 Å². The monoisotopic (exact) mass is 411 g/mol. The molecule has 0 aliphatic rings. The highest BCUT2D eigenvalue weighted by Crippen LogP contribution is 2.13. The van der Waals surface area contributed by atoms with Gasteiger partial charge < -0.3 is 5.32 Å². The molecule has 0 bridgehead atoms. The highest BCUT2D eigenvalue weighted by molar-refractivity contribution is 6.30. The fourth-order valence-electron chi connectivity index (χ4n) is 3.53. The molecular formula is C23H42ClN3O. The Labute approximate surface area is 177 Å². The van der Waals surface area contributed by atoms with Crippen molar-refractivity contribution in [3.8, 4) is 0 Å². The molecule has 162 valence electrons. The summed E-state index contributed by atoms with van der Waals surface area (Å²) in [5, 5.41) is 7.51. The van der Waals surface area contributed by atoms with Crippen molar-refractivity contribution in [2.45, 2.75) is 116 Å². The minimum absolute atomic E-state index is 0.000672. The van der Waals surface area contributed by atoms with Gasteiger partial charge >= 0.3 is 0 Å². The van der Waals surface area contributed by atoms with Crippen molar-refractivity contribution in [3.63, 3.8) is 0 Å². The van der Waals surface area contributed by atoms with Gasteiger partial charge in [0.05, 0.1) is 11.2 Å². The predicted molar refractivity (Wildman–Crippen MR) is 120 cm³/mol. The van der Waals surface area contributed by atoms with Gasteiger partial charge in [0.25, 0.3) is 0 Å². The summed E-state index contributed by atoms with van der Waals surface area (Å²) in [4.78, 5) is 11.8. The molecule has 1 aromatic rings. The van der Waals surface area contributed by atoms with Gasteiger partial charge in [0, 0.05) is 12.7 Å². The van der Waals surface area contributed by atoms with Gasteiger partial charge in [-0.1, -0.05) is 115 Å². The van der Waals surface area contributed by atoms with Crippen LogP contribution in [0.2, 0.25) is 5.02 Å². The third-order valence-electron chi connectivity index (χ3n) is 5.26. The summed E-state index contributed by atoms with van der Waals surface area (Å²) >= 11 is 5.78. The van der Waals surface area contributed by atoms with Crippen LogP contribution in [0.25, 0.3) is 0 Å². The molecule has 1 rings (SSSR count). The van der Waals surface area contributed by atoms with Crippen LogP contribution in [0.4, 0.5) is 0 Å². The van der Waals surface area contributed by atoms with Crippen LogP contribution in [0.5, 0.6) is 0 Å². The number of carbonyl (C=O) groups excluding carboxylic acids is 1. The second-order valence-electron chi connectivity index (χ2n) is 8.01. The Morgan fingerprint density at radius 3 is 1.75 bits per heavy atom. The zero-order valence-corrected chi connectivity index (χ0v) is 18.8. The van der Waals surface area contributed by atoms with Crippen molar-refractivity contribution in [3.05, 3.63) is 17.4 Å². The topological polar surface area (TPSA) is 46.9 Å². The highest BCUT2D eigenvalue weighted by atomic mass is 35.5. The second-order valence-corrected chi connectivity index (χ2v) is 8.45. The van der Waals surface area contributed by atoms with Gasteiger partial charge in [-0.25, -0.2) is 0 Å². The number of aromatic nitrogens is 2. The molecule has 1 aromatic heterocycles.